The van der Waals surface area contributed by atoms with Crippen molar-refractivity contribution in [3.8, 4) is 0 Å². The van der Waals surface area contributed by atoms with E-state index in [0.29, 0.717) is 23.2 Å². The van der Waals surface area contributed by atoms with Crippen molar-refractivity contribution >= 4 is 34.2 Å². The van der Waals surface area contributed by atoms with E-state index in [1.165, 1.54) is 12.3 Å². The van der Waals surface area contributed by atoms with Gasteiger partial charge in [-0.15, -0.1) is 12.4 Å². The summed E-state index contributed by atoms with van der Waals surface area (Å²) in [5, 5.41) is 6.27. The van der Waals surface area contributed by atoms with Gasteiger partial charge in [-0.2, -0.15) is 0 Å². The summed E-state index contributed by atoms with van der Waals surface area (Å²) in [5.74, 6) is -0.194. The second kappa shape index (κ2) is 8.67. The van der Waals surface area contributed by atoms with Gasteiger partial charge in [0, 0.05) is 25.3 Å². The maximum absolute atomic E-state index is 12.2. The van der Waals surface area contributed by atoms with E-state index >= 15 is 0 Å². The first-order chi connectivity index (χ1) is 10.1. The quantitative estimate of drug-likeness (QED) is 0.703. The van der Waals surface area contributed by atoms with Gasteiger partial charge >= 0.3 is 0 Å². The fourth-order valence-electron chi connectivity index (χ4n) is 2.59. The Hall–Kier alpha value is -0.890. The van der Waals surface area contributed by atoms with Gasteiger partial charge in [-0.1, -0.05) is 0 Å². The van der Waals surface area contributed by atoms with Crippen LogP contribution in [0.3, 0.4) is 0 Å². The minimum atomic E-state index is -0.249. The fraction of sp³-hybridized carbons (Fsp3) is 0.571. The molecule has 8 heteroatoms. The number of carbonyl (C=O) groups excluding carboxylic acids is 1. The van der Waals surface area contributed by atoms with Gasteiger partial charge in [-0.3, -0.25) is 9.59 Å². The zero-order chi connectivity index (χ0) is 15.3. The minimum Gasteiger partial charge on any atom is -0.384 e. The molecule has 0 aromatic carbocycles. The molecule has 1 aliphatic rings. The highest BCUT2D eigenvalue weighted by molar-refractivity contribution is 9.10. The Morgan fingerprint density at radius 2 is 2.14 bits per heavy atom. The summed E-state index contributed by atoms with van der Waals surface area (Å²) in [4.78, 5) is 26.0. The molecule has 0 unspecified atom stereocenters. The number of nitrogens with one attached hydrogen (secondary N) is 3. The lowest BCUT2D eigenvalue weighted by Gasteiger charge is -2.37. The average molecular weight is 395 g/mol. The summed E-state index contributed by atoms with van der Waals surface area (Å²) in [6.45, 7) is 3.06. The summed E-state index contributed by atoms with van der Waals surface area (Å²) in [6, 6.07) is 1.53. The minimum absolute atomic E-state index is 0. The van der Waals surface area contributed by atoms with E-state index in [1.807, 2.05) is 0 Å². The maximum Gasteiger partial charge on any atom is 0.262 e. The summed E-state index contributed by atoms with van der Waals surface area (Å²) in [5.41, 5.74) is 0.165. The van der Waals surface area contributed by atoms with Crippen molar-refractivity contribution in [3.05, 3.63) is 32.7 Å². The molecule has 0 atom stereocenters. The Balaban J connectivity index is 0.00000242. The van der Waals surface area contributed by atoms with Crippen molar-refractivity contribution < 1.29 is 9.53 Å². The standard InChI is InChI=1S/C14H20BrN3O3.ClH/c1-21-9-14(2-4-16-5-3-14)8-18-12(19)10-6-11(15)13(20)17-7-10;/h6-7,16H,2-5,8-9H2,1H3,(H,17,20)(H,18,19);1H. The third kappa shape index (κ3) is 4.81. The predicted molar refractivity (Wildman–Crippen MR) is 90.8 cm³/mol. The molecule has 0 radical (unpaired) electrons. The summed E-state index contributed by atoms with van der Waals surface area (Å²) >= 11 is 3.13. The fourth-order valence-corrected chi connectivity index (χ4v) is 2.95. The molecular formula is C14H21BrClN3O3. The molecule has 3 N–H and O–H groups in total. The number of hydrogen-bond acceptors (Lipinski definition) is 4. The van der Waals surface area contributed by atoms with Crippen LogP contribution in [-0.2, 0) is 4.74 Å². The molecule has 1 fully saturated rings. The van der Waals surface area contributed by atoms with Gasteiger partial charge in [0.2, 0.25) is 0 Å². The number of methoxy groups -OCH3 is 1. The van der Waals surface area contributed by atoms with Gasteiger partial charge < -0.3 is 20.4 Å². The van der Waals surface area contributed by atoms with E-state index in [0.717, 1.165) is 25.9 Å². The molecule has 6 nitrogen and oxygen atoms in total. The Morgan fingerprint density at radius 1 is 1.45 bits per heavy atom. The number of hydrogen-bond donors (Lipinski definition) is 3. The van der Waals surface area contributed by atoms with Crippen LogP contribution in [-0.4, -0.2) is 44.2 Å². The number of carbonyl (C=O) groups is 1. The van der Waals surface area contributed by atoms with Gasteiger partial charge in [0.05, 0.1) is 16.6 Å². The summed E-state index contributed by atoms with van der Waals surface area (Å²) in [7, 11) is 1.69. The number of aromatic nitrogens is 1. The molecule has 0 aliphatic carbocycles. The number of ether oxygens (including phenoxy) is 1. The first-order valence-electron chi connectivity index (χ1n) is 6.92. The third-order valence-electron chi connectivity index (χ3n) is 3.86. The number of piperidine rings is 1. The number of H-pyrrole nitrogens is 1. The zero-order valence-corrected chi connectivity index (χ0v) is 14.8. The van der Waals surface area contributed by atoms with Crippen LogP contribution in [0.1, 0.15) is 23.2 Å². The second-order valence-electron chi connectivity index (χ2n) is 5.43. The van der Waals surface area contributed by atoms with Crippen LogP contribution in [0.5, 0.6) is 0 Å². The molecule has 0 bridgehead atoms. The van der Waals surface area contributed by atoms with E-state index in [1.54, 1.807) is 7.11 Å². The van der Waals surface area contributed by atoms with Crippen LogP contribution in [0.2, 0.25) is 0 Å². The number of halogens is 2. The second-order valence-corrected chi connectivity index (χ2v) is 6.29. The van der Waals surface area contributed by atoms with Crippen LogP contribution in [0.25, 0.3) is 0 Å². The van der Waals surface area contributed by atoms with Crippen molar-refractivity contribution in [2.75, 3.05) is 33.4 Å². The molecule has 1 aliphatic heterocycles. The van der Waals surface area contributed by atoms with Crippen molar-refractivity contribution in [1.29, 1.82) is 0 Å². The largest absolute Gasteiger partial charge is 0.384 e. The van der Waals surface area contributed by atoms with Crippen LogP contribution >= 0.6 is 28.3 Å². The van der Waals surface area contributed by atoms with E-state index in [9.17, 15) is 9.59 Å². The van der Waals surface area contributed by atoms with Gasteiger partial charge in [0.1, 0.15) is 0 Å². The van der Waals surface area contributed by atoms with Crippen LogP contribution in [0.15, 0.2) is 21.5 Å². The van der Waals surface area contributed by atoms with Crippen LogP contribution < -0.4 is 16.2 Å². The molecule has 1 aromatic rings. The van der Waals surface area contributed by atoms with E-state index in [2.05, 4.69) is 31.5 Å². The lowest BCUT2D eigenvalue weighted by molar-refractivity contribution is 0.0511. The highest BCUT2D eigenvalue weighted by Gasteiger charge is 2.32. The predicted octanol–water partition coefficient (Wildman–Crippen LogP) is 1.31. The van der Waals surface area contributed by atoms with Gasteiger partial charge in [-0.05, 0) is 47.9 Å². The van der Waals surface area contributed by atoms with Crippen molar-refractivity contribution in [1.82, 2.24) is 15.6 Å². The SMILES string of the molecule is COCC1(CNC(=O)c2c[nH]c(=O)c(Br)c2)CCNCC1.Cl. The molecule has 22 heavy (non-hydrogen) atoms. The average Bonchev–Trinajstić information content (AvgIpc) is 2.49. The molecule has 1 aromatic heterocycles. The molecule has 2 heterocycles. The van der Waals surface area contributed by atoms with Crippen molar-refractivity contribution in [3.63, 3.8) is 0 Å². The molecule has 124 valence electrons. The molecular weight excluding hydrogens is 374 g/mol. The topological polar surface area (TPSA) is 83.2 Å². The molecule has 2 rings (SSSR count). The number of rotatable bonds is 5. The summed E-state index contributed by atoms with van der Waals surface area (Å²) < 4.78 is 5.67. The first-order valence-corrected chi connectivity index (χ1v) is 7.72. The smallest absolute Gasteiger partial charge is 0.262 e. The first kappa shape index (κ1) is 19.2. The molecule has 1 amide bonds. The monoisotopic (exact) mass is 393 g/mol. The highest BCUT2D eigenvalue weighted by Crippen LogP contribution is 2.28. The van der Waals surface area contributed by atoms with Crippen molar-refractivity contribution in [2.24, 2.45) is 5.41 Å². The molecule has 0 saturated carbocycles. The van der Waals surface area contributed by atoms with Crippen LogP contribution in [0.4, 0.5) is 0 Å². The number of amides is 1. The normalized spacial score (nSPS) is 16.6. The zero-order valence-electron chi connectivity index (χ0n) is 12.4. The Labute approximate surface area is 143 Å². The van der Waals surface area contributed by atoms with Gasteiger partial charge in [0.15, 0.2) is 0 Å². The van der Waals surface area contributed by atoms with Gasteiger partial charge in [-0.25, -0.2) is 0 Å². The number of aromatic amines is 1. The van der Waals surface area contributed by atoms with Crippen molar-refractivity contribution in [2.45, 2.75) is 12.8 Å². The molecule has 0 spiro atoms. The highest BCUT2D eigenvalue weighted by atomic mass is 79.9. The van der Waals surface area contributed by atoms with E-state index < -0.39 is 0 Å². The molecule has 1 saturated heterocycles. The maximum atomic E-state index is 12.2. The Bertz CT molecular complexity index is 553. The van der Waals surface area contributed by atoms with Gasteiger partial charge in [0.25, 0.3) is 11.5 Å². The lowest BCUT2D eigenvalue weighted by Crippen LogP contribution is -2.47. The lowest BCUT2D eigenvalue weighted by atomic mass is 9.79. The van der Waals surface area contributed by atoms with E-state index in [-0.39, 0.29) is 29.3 Å². The number of pyridine rings is 1. The van der Waals surface area contributed by atoms with E-state index in [4.69, 9.17) is 4.74 Å². The van der Waals surface area contributed by atoms with Crippen LogP contribution in [0, 0.1) is 5.41 Å². The Kier molecular flexibility index (Phi) is 7.55. The third-order valence-corrected chi connectivity index (χ3v) is 4.45. The summed E-state index contributed by atoms with van der Waals surface area (Å²) in [6.07, 6.45) is 3.36. The Morgan fingerprint density at radius 3 is 2.73 bits per heavy atom.